The predicted molar refractivity (Wildman–Crippen MR) is 126 cm³/mol. The molecule has 2 saturated heterocycles. The third kappa shape index (κ3) is 4.57. The van der Waals surface area contributed by atoms with Gasteiger partial charge >= 0.3 is 0 Å². The van der Waals surface area contributed by atoms with Crippen molar-refractivity contribution in [1.82, 2.24) is 24.9 Å². The molecular formula is C24H31N5O2S. The van der Waals surface area contributed by atoms with E-state index in [9.17, 15) is 9.59 Å². The van der Waals surface area contributed by atoms with Crippen LogP contribution in [-0.2, 0) is 30.7 Å². The quantitative estimate of drug-likeness (QED) is 0.724. The van der Waals surface area contributed by atoms with E-state index in [0.29, 0.717) is 24.8 Å². The highest BCUT2D eigenvalue weighted by Crippen LogP contribution is 2.30. The Morgan fingerprint density at radius 1 is 1.19 bits per heavy atom. The Labute approximate surface area is 193 Å². The second-order valence-corrected chi connectivity index (χ2v) is 10.1. The molecule has 1 N–H and O–H groups in total. The van der Waals surface area contributed by atoms with Gasteiger partial charge in [0.1, 0.15) is 0 Å². The Morgan fingerprint density at radius 3 is 2.84 bits per heavy atom. The van der Waals surface area contributed by atoms with Gasteiger partial charge in [0, 0.05) is 62.2 Å². The maximum Gasteiger partial charge on any atom is 0.275 e. The minimum atomic E-state index is -0.0967. The van der Waals surface area contributed by atoms with Crippen LogP contribution in [0.1, 0.15) is 40.2 Å². The van der Waals surface area contributed by atoms with E-state index in [-0.39, 0.29) is 18.4 Å². The van der Waals surface area contributed by atoms with Crippen molar-refractivity contribution >= 4 is 23.6 Å². The summed E-state index contributed by atoms with van der Waals surface area (Å²) < 4.78 is 2.08. The van der Waals surface area contributed by atoms with Gasteiger partial charge in [0.05, 0.1) is 6.54 Å². The van der Waals surface area contributed by atoms with Crippen molar-refractivity contribution in [2.24, 2.45) is 0 Å². The molecule has 4 heterocycles. The van der Waals surface area contributed by atoms with Crippen molar-refractivity contribution in [3.8, 4) is 0 Å². The number of aryl methyl sites for hydroxylation is 2. The van der Waals surface area contributed by atoms with Gasteiger partial charge in [-0.15, -0.1) is 0 Å². The maximum atomic E-state index is 13.4. The summed E-state index contributed by atoms with van der Waals surface area (Å²) >= 11 is 2.02. The van der Waals surface area contributed by atoms with Gasteiger partial charge < -0.3 is 10.2 Å². The molecule has 32 heavy (non-hydrogen) atoms. The zero-order valence-electron chi connectivity index (χ0n) is 18.5. The van der Waals surface area contributed by atoms with E-state index in [1.807, 2.05) is 17.8 Å². The third-order valence-corrected chi connectivity index (χ3v) is 7.94. The highest BCUT2D eigenvalue weighted by molar-refractivity contribution is 7.99. The van der Waals surface area contributed by atoms with E-state index in [2.05, 4.69) is 39.2 Å². The van der Waals surface area contributed by atoms with Gasteiger partial charge in [0.2, 0.25) is 5.91 Å². The Bertz CT molecular complexity index is 970. The summed E-state index contributed by atoms with van der Waals surface area (Å²) in [5, 5.41) is 7.65. The van der Waals surface area contributed by atoms with Crippen LogP contribution in [0.3, 0.4) is 0 Å². The molecule has 170 valence electrons. The second-order valence-electron chi connectivity index (χ2n) is 8.90. The minimum Gasteiger partial charge on any atom is -0.353 e. The van der Waals surface area contributed by atoms with Crippen molar-refractivity contribution in [3.05, 3.63) is 52.8 Å². The SMILES string of the molecule is O=C1CN(C(=O)c2nn(CCCc3ccccc3)c3c2CN(C2CCSC2)CC3)CCN1. The molecule has 0 aliphatic carbocycles. The number of carbonyl (C=O) groups is 2. The summed E-state index contributed by atoms with van der Waals surface area (Å²) in [7, 11) is 0. The number of hydrogen-bond acceptors (Lipinski definition) is 5. The highest BCUT2D eigenvalue weighted by Gasteiger charge is 2.34. The lowest BCUT2D eigenvalue weighted by atomic mass is 10.0. The third-order valence-electron chi connectivity index (χ3n) is 6.79. The average Bonchev–Trinajstić information content (AvgIpc) is 3.48. The topological polar surface area (TPSA) is 70.5 Å². The van der Waals surface area contributed by atoms with Gasteiger partial charge in [0.25, 0.3) is 5.91 Å². The smallest absolute Gasteiger partial charge is 0.275 e. The van der Waals surface area contributed by atoms with E-state index < -0.39 is 0 Å². The fourth-order valence-corrected chi connectivity index (χ4v) is 6.28. The number of fused-ring (bicyclic) bond motifs is 1. The summed E-state index contributed by atoms with van der Waals surface area (Å²) in [6, 6.07) is 11.1. The van der Waals surface area contributed by atoms with Crippen LogP contribution in [0.4, 0.5) is 0 Å². The van der Waals surface area contributed by atoms with Crippen LogP contribution in [0.2, 0.25) is 0 Å². The summed E-state index contributed by atoms with van der Waals surface area (Å²) in [5.41, 5.74) is 4.19. The Morgan fingerprint density at radius 2 is 2.06 bits per heavy atom. The van der Waals surface area contributed by atoms with E-state index in [1.54, 1.807) is 4.90 Å². The fraction of sp³-hybridized carbons (Fsp3) is 0.542. The molecule has 5 rings (SSSR count). The molecule has 1 unspecified atom stereocenters. The van der Waals surface area contributed by atoms with Crippen molar-refractivity contribution < 1.29 is 9.59 Å². The molecule has 8 heteroatoms. The van der Waals surface area contributed by atoms with Crippen LogP contribution in [-0.4, -0.2) is 75.1 Å². The number of rotatable bonds is 6. The van der Waals surface area contributed by atoms with Crippen LogP contribution in [0, 0.1) is 0 Å². The number of aromatic nitrogens is 2. The van der Waals surface area contributed by atoms with Gasteiger partial charge in [0.15, 0.2) is 5.69 Å². The highest BCUT2D eigenvalue weighted by atomic mass is 32.2. The predicted octanol–water partition coefficient (Wildman–Crippen LogP) is 1.95. The monoisotopic (exact) mass is 453 g/mol. The molecule has 2 fully saturated rings. The van der Waals surface area contributed by atoms with Gasteiger partial charge in [-0.3, -0.25) is 19.2 Å². The summed E-state index contributed by atoms with van der Waals surface area (Å²) in [5.74, 6) is 2.21. The molecule has 1 atom stereocenters. The zero-order chi connectivity index (χ0) is 21.9. The van der Waals surface area contributed by atoms with E-state index in [4.69, 9.17) is 5.10 Å². The number of nitrogens with zero attached hydrogens (tertiary/aromatic N) is 4. The number of benzene rings is 1. The van der Waals surface area contributed by atoms with E-state index in [1.165, 1.54) is 29.2 Å². The molecule has 1 aromatic carbocycles. The largest absolute Gasteiger partial charge is 0.353 e. The summed E-state index contributed by atoms with van der Waals surface area (Å²) in [4.78, 5) is 29.5. The van der Waals surface area contributed by atoms with Crippen LogP contribution in [0.25, 0.3) is 0 Å². The lowest BCUT2D eigenvalue weighted by Crippen LogP contribution is -2.50. The number of piperazine rings is 1. The lowest BCUT2D eigenvalue weighted by molar-refractivity contribution is -0.123. The van der Waals surface area contributed by atoms with Crippen LogP contribution in [0.15, 0.2) is 30.3 Å². The molecule has 3 aliphatic heterocycles. The van der Waals surface area contributed by atoms with Crippen molar-refractivity contribution in [3.63, 3.8) is 0 Å². The number of nitrogens with one attached hydrogen (secondary N) is 1. The first-order chi connectivity index (χ1) is 15.7. The molecule has 0 spiro atoms. The second kappa shape index (κ2) is 9.67. The molecule has 2 amide bonds. The molecule has 1 aromatic heterocycles. The standard InChI is InChI=1S/C24H31N5O2S/c30-22-16-28(13-10-25-22)24(31)23-20-15-27(19-9-14-32-17-19)12-8-21(20)29(26-23)11-4-7-18-5-2-1-3-6-18/h1-3,5-6,19H,4,7-17H2,(H,25,30). The van der Waals surface area contributed by atoms with E-state index in [0.717, 1.165) is 44.5 Å². The van der Waals surface area contributed by atoms with Crippen molar-refractivity contribution in [1.29, 1.82) is 0 Å². The first-order valence-corrected chi connectivity index (χ1v) is 12.8. The molecule has 0 radical (unpaired) electrons. The lowest BCUT2D eigenvalue weighted by Gasteiger charge is -2.33. The number of hydrogen-bond donors (Lipinski definition) is 1. The van der Waals surface area contributed by atoms with Crippen LogP contribution >= 0.6 is 11.8 Å². The zero-order valence-corrected chi connectivity index (χ0v) is 19.3. The molecule has 7 nitrogen and oxygen atoms in total. The van der Waals surface area contributed by atoms with Gasteiger partial charge in [-0.05, 0) is 30.6 Å². The molecule has 3 aliphatic rings. The summed E-state index contributed by atoms with van der Waals surface area (Å²) in [6.07, 6.45) is 4.14. The van der Waals surface area contributed by atoms with Gasteiger partial charge in [-0.1, -0.05) is 30.3 Å². The first-order valence-electron chi connectivity index (χ1n) is 11.7. The van der Waals surface area contributed by atoms with Gasteiger partial charge in [-0.2, -0.15) is 16.9 Å². The number of amides is 2. The van der Waals surface area contributed by atoms with Crippen molar-refractivity contribution in [2.45, 2.75) is 44.8 Å². The van der Waals surface area contributed by atoms with Crippen molar-refractivity contribution in [2.75, 3.05) is 37.7 Å². The first kappa shape index (κ1) is 21.5. The van der Waals surface area contributed by atoms with Crippen LogP contribution in [0.5, 0.6) is 0 Å². The molecular weight excluding hydrogens is 422 g/mol. The van der Waals surface area contributed by atoms with Gasteiger partial charge in [-0.25, -0.2) is 0 Å². The number of thioether (sulfide) groups is 1. The van der Waals surface area contributed by atoms with E-state index >= 15 is 0 Å². The van der Waals surface area contributed by atoms with Crippen LogP contribution < -0.4 is 5.32 Å². The minimum absolute atomic E-state index is 0.0923. The normalized spacial score (nSPS) is 21.4. The summed E-state index contributed by atoms with van der Waals surface area (Å²) in [6.45, 7) is 3.81. The maximum absolute atomic E-state index is 13.4. The molecule has 0 bridgehead atoms. The Kier molecular flexibility index (Phi) is 6.50. The Balaban J connectivity index is 1.37. The molecule has 0 saturated carbocycles. The fourth-order valence-electron chi connectivity index (χ4n) is 5.03. The molecule has 2 aromatic rings. The Hall–Kier alpha value is -2.32. The average molecular weight is 454 g/mol. The number of carbonyl (C=O) groups excluding carboxylic acids is 2.